The molecule has 1 aliphatic carbocycles. The zero-order valence-corrected chi connectivity index (χ0v) is 19.8. The van der Waals surface area contributed by atoms with Gasteiger partial charge >= 0.3 is 0 Å². The Morgan fingerprint density at radius 2 is 1.97 bits per heavy atom. The van der Waals surface area contributed by atoms with Crippen molar-refractivity contribution in [2.45, 2.75) is 36.6 Å². The van der Waals surface area contributed by atoms with Gasteiger partial charge in [-0.1, -0.05) is 42.3 Å². The van der Waals surface area contributed by atoms with Crippen molar-refractivity contribution in [2.75, 3.05) is 30.4 Å². The summed E-state index contributed by atoms with van der Waals surface area (Å²) in [5.41, 5.74) is 1.46. The summed E-state index contributed by atoms with van der Waals surface area (Å²) >= 11 is 12.8. The summed E-state index contributed by atoms with van der Waals surface area (Å²) in [7, 11) is 1.79. The van der Waals surface area contributed by atoms with Crippen LogP contribution in [0.2, 0.25) is 10.0 Å². The van der Waals surface area contributed by atoms with E-state index in [-0.39, 0.29) is 34.0 Å². The predicted octanol–water partition coefficient (Wildman–Crippen LogP) is 5.26. The maximum atomic E-state index is 15.2. The number of hydrogen-bond acceptors (Lipinski definition) is 3. The molecule has 2 amide bonds. The molecule has 2 aromatic rings. The Bertz CT molecular complexity index is 1200. The molecule has 0 aromatic heterocycles. The van der Waals surface area contributed by atoms with Gasteiger partial charge in [0.05, 0.1) is 21.0 Å². The number of hydrogen-bond donors (Lipinski definition) is 1. The third-order valence-electron chi connectivity index (χ3n) is 7.46. The van der Waals surface area contributed by atoms with Gasteiger partial charge in [0.1, 0.15) is 5.82 Å². The number of fused-ring (bicyclic) bond motifs is 2. The van der Waals surface area contributed by atoms with Crippen LogP contribution >= 0.6 is 23.2 Å². The molecule has 172 valence electrons. The number of rotatable bonds is 4. The average molecular weight is 488 g/mol. The van der Waals surface area contributed by atoms with E-state index in [1.807, 2.05) is 18.2 Å². The first-order valence-corrected chi connectivity index (χ1v) is 11.7. The highest BCUT2D eigenvalue weighted by Crippen LogP contribution is 2.54. The normalized spacial score (nSPS) is 23.0. The van der Waals surface area contributed by atoms with Gasteiger partial charge in [-0.2, -0.15) is 0 Å². The minimum atomic E-state index is -0.992. The van der Waals surface area contributed by atoms with Crippen molar-refractivity contribution < 1.29 is 14.0 Å². The summed E-state index contributed by atoms with van der Waals surface area (Å²) in [6.45, 7) is 4.18. The van der Waals surface area contributed by atoms with Crippen LogP contribution < -0.4 is 10.2 Å². The smallest absolute Gasteiger partial charge is 0.246 e. The Morgan fingerprint density at radius 1 is 1.21 bits per heavy atom. The first-order chi connectivity index (χ1) is 15.7. The molecule has 1 spiro atoms. The SMILES string of the molecule is C=CC(=O)N1CC[C@@](Nc2ccc3c(c2)N(C)C(=O)C32CCC2)(c2c(F)ccc(Cl)c2Cl)C1. The van der Waals surface area contributed by atoms with Crippen LogP contribution in [0.15, 0.2) is 43.0 Å². The van der Waals surface area contributed by atoms with Gasteiger partial charge in [-0.05, 0) is 55.2 Å². The lowest BCUT2D eigenvalue weighted by atomic mass is 9.65. The number of halogens is 3. The van der Waals surface area contributed by atoms with E-state index >= 15 is 4.39 Å². The molecular weight excluding hydrogens is 464 g/mol. The van der Waals surface area contributed by atoms with Gasteiger partial charge in [-0.25, -0.2) is 4.39 Å². The lowest BCUT2D eigenvalue weighted by molar-refractivity contribution is -0.126. The molecular formula is C25H24Cl2FN3O2. The summed E-state index contributed by atoms with van der Waals surface area (Å²) in [6, 6.07) is 8.55. The Labute approximate surface area is 202 Å². The maximum Gasteiger partial charge on any atom is 0.246 e. The Hall–Kier alpha value is -2.57. The average Bonchev–Trinajstić information content (AvgIpc) is 3.28. The minimum absolute atomic E-state index is 0.124. The van der Waals surface area contributed by atoms with Crippen molar-refractivity contribution in [3.05, 3.63) is 70.0 Å². The van der Waals surface area contributed by atoms with E-state index < -0.39 is 16.8 Å². The van der Waals surface area contributed by atoms with Crippen LogP contribution in [-0.2, 0) is 20.5 Å². The molecule has 1 atom stereocenters. The number of likely N-dealkylation sites (tertiary alicyclic amines) is 1. The van der Waals surface area contributed by atoms with Gasteiger partial charge in [-0.15, -0.1) is 0 Å². The summed E-state index contributed by atoms with van der Waals surface area (Å²) in [4.78, 5) is 28.6. The van der Waals surface area contributed by atoms with E-state index in [0.717, 1.165) is 30.5 Å². The number of amides is 2. The van der Waals surface area contributed by atoms with Crippen molar-refractivity contribution in [1.82, 2.24) is 4.90 Å². The molecule has 1 N–H and O–H groups in total. The molecule has 0 radical (unpaired) electrons. The minimum Gasteiger partial charge on any atom is -0.373 e. The molecule has 1 saturated carbocycles. The van der Waals surface area contributed by atoms with Gasteiger partial charge in [0, 0.05) is 37.1 Å². The Balaban J connectivity index is 1.58. The van der Waals surface area contributed by atoms with E-state index in [1.54, 1.807) is 16.8 Å². The van der Waals surface area contributed by atoms with Crippen LogP contribution in [0, 0.1) is 5.82 Å². The second kappa shape index (κ2) is 7.74. The second-order valence-corrected chi connectivity index (χ2v) is 9.96. The topological polar surface area (TPSA) is 52.7 Å². The number of benzene rings is 2. The number of likely N-dealkylation sites (N-methyl/N-ethyl adjacent to an activating group) is 1. The highest BCUT2D eigenvalue weighted by atomic mass is 35.5. The monoisotopic (exact) mass is 487 g/mol. The number of nitrogens with zero attached hydrogens (tertiary/aromatic N) is 2. The van der Waals surface area contributed by atoms with E-state index in [4.69, 9.17) is 23.2 Å². The Kier molecular flexibility index (Phi) is 5.22. The van der Waals surface area contributed by atoms with E-state index in [1.165, 1.54) is 18.2 Å². The van der Waals surface area contributed by atoms with Crippen molar-refractivity contribution in [1.29, 1.82) is 0 Å². The standard InChI is InChI=1S/C25H24Cl2FN3O2/c1-3-20(32)31-12-11-25(14-31,21-18(28)8-7-17(26)22(21)27)29-15-5-6-16-19(13-15)30(2)23(33)24(16)9-4-10-24/h3,5-8,13,29H,1,4,9-12,14H2,2H3/t25-/m0/s1. The summed E-state index contributed by atoms with van der Waals surface area (Å²) < 4.78 is 15.2. The molecule has 33 heavy (non-hydrogen) atoms. The fourth-order valence-corrected chi connectivity index (χ4v) is 6.08. The highest BCUT2D eigenvalue weighted by molar-refractivity contribution is 6.42. The van der Waals surface area contributed by atoms with Gasteiger partial charge in [0.2, 0.25) is 11.8 Å². The molecule has 2 aliphatic heterocycles. The summed E-state index contributed by atoms with van der Waals surface area (Å²) in [5, 5.41) is 3.84. The number of anilines is 2. The molecule has 8 heteroatoms. The molecule has 2 heterocycles. The molecule has 0 bridgehead atoms. The quantitative estimate of drug-likeness (QED) is 0.472. The van der Waals surface area contributed by atoms with Crippen LogP contribution in [0.3, 0.4) is 0 Å². The van der Waals surface area contributed by atoms with Gasteiger partial charge in [0.15, 0.2) is 0 Å². The van der Waals surface area contributed by atoms with Gasteiger partial charge in [0.25, 0.3) is 0 Å². The van der Waals surface area contributed by atoms with Crippen LogP contribution in [-0.4, -0.2) is 36.9 Å². The van der Waals surface area contributed by atoms with Crippen molar-refractivity contribution in [3.8, 4) is 0 Å². The largest absolute Gasteiger partial charge is 0.373 e. The zero-order chi connectivity index (χ0) is 23.5. The fraction of sp³-hybridized carbons (Fsp3) is 0.360. The Morgan fingerprint density at radius 3 is 2.64 bits per heavy atom. The highest BCUT2D eigenvalue weighted by Gasteiger charge is 2.53. The van der Waals surface area contributed by atoms with Crippen LogP contribution in [0.1, 0.15) is 36.8 Å². The third kappa shape index (κ3) is 3.18. The molecule has 2 fully saturated rings. The molecule has 3 aliphatic rings. The lowest BCUT2D eigenvalue weighted by Gasteiger charge is -2.37. The van der Waals surface area contributed by atoms with E-state index in [0.29, 0.717) is 18.7 Å². The number of carbonyl (C=O) groups is 2. The zero-order valence-electron chi connectivity index (χ0n) is 18.3. The molecule has 5 rings (SSSR count). The first-order valence-electron chi connectivity index (χ1n) is 11.0. The van der Waals surface area contributed by atoms with E-state index in [9.17, 15) is 9.59 Å². The van der Waals surface area contributed by atoms with Crippen molar-refractivity contribution in [3.63, 3.8) is 0 Å². The van der Waals surface area contributed by atoms with Crippen LogP contribution in [0.5, 0.6) is 0 Å². The summed E-state index contributed by atoms with van der Waals surface area (Å²) in [6.07, 6.45) is 4.45. The van der Waals surface area contributed by atoms with Crippen LogP contribution in [0.25, 0.3) is 0 Å². The predicted molar refractivity (Wildman–Crippen MR) is 128 cm³/mol. The third-order valence-corrected chi connectivity index (χ3v) is 8.26. The molecule has 0 unspecified atom stereocenters. The fourth-order valence-electron chi connectivity index (χ4n) is 5.59. The maximum absolute atomic E-state index is 15.2. The van der Waals surface area contributed by atoms with Gasteiger partial charge < -0.3 is 15.1 Å². The molecule has 2 aromatic carbocycles. The lowest BCUT2D eigenvalue weighted by Crippen LogP contribution is -2.43. The number of nitrogens with one attached hydrogen (secondary N) is 1. The molecule has 1 saturated heterocycles. The summed E-state index contributed by atoms with van der Waals surface area (Å²) in [5.74, 6) is -0.599. The molecule has 5 nitrogen and oxygen atoms in total. The van der Waals surface area contributed by atoms with Gasteiger partial charge in [-0.3, -0.25) is 9.59 Å². The second-order valence-electron chi connectivity index (χ2n) is 9.17. The van der Waals surface area contributed by atoms with E-state index in [2.05, 4.69) is 11.9 Å². The van der Waals surface area contributed by atoms with Crippen LogP contribution in [0.4, 0.5) is 15.8 Å². The van der Waals surface area contributed by atoms with Crippen molar-refractivity contribution >= 4 is 46.4 Å². The first kappa shape index (κ1) is 22.2. The number of carbonyl (C=O) groups excluding carboxylic acids is 2. The van der Waals surface area contributed by atoms with Crippen molar-refractivity contribution in [2.24, 2.45) is 0 Å².